The number of nitrogens with one attached hydrogen (secondary N) is 1. The molecule has 0 radical (unpaired) electrons. The summed E-state index contributed by atoms with van der Waals surface area (Å²) in [6.45, 7) is 2.58. The molecule has 6 nitrogen and oxygen atoms in total. The van der Waals surface area contributed by atoms with Crippen LogP contribution in [0.25, 0.3) is 0 Å². The molecule has 1 amide bonds. The molecule has 2 fully saturated rings. The smallest absolute Gasteiger partial charge is 0.325 e. The van der Waals surface area contributed by atoms with Crippen LogP contribution in [0.3, 0.4) is 0 Å². The second-order valence-electron chi connectivity index (χ2n) is 9.16. The highest BCUT2D eigenvalue weighted by Crippen LogP contribution is 2.37. The van der Waals surface area contributed by atoms with Crippen molar-refractivity contribution in [1.82, 2.24) is 9.21 Å². The number of amides is 1. The number of carbonyl (C=O) groups excluding carboxylic acids is 1. The minimum absolute atomic E-state index is 0.0203. The molecule has 4 rings (SSSR count). The lowest BCUT2D eigenvalue weighted by atomic mass is 10.0. The average Bonchev–Trinajstić information content (AvgIpc) is 3.59. The van der Waals surface area contributed by atoms with E-state index in [1.54, 1.807) is 29.4 Å². The van der Waals surface area contributed by atoms with E-state index in [1.807, 2.05) is 4.90 Å². The van der Waals surface area contributed by atoms with E-state index >= 15 is 0 Å². The highest BCUT2D eigenvalue weighted by molar-refractivity contribution is 7.89. The molecule has 1 N–H and O–H groups in total. The molecule has 0 spiro atoms. The van der Waals surface area contributed by atoms with Crippen LogP contribution in [0.5, 0.6) is 0 Å². The van der Waals surface area contributed by atoms with Gasteiger partial charge in [-0.05, 0) is 74.6 Å². The zero-order chi connectivity index (χ0) is 25.4. The maximum absolute atomic E-state index is 13.4. The van der Waals surface area contributed by atoms with Crippen LogP contribution in [-0.2, 0) is 21.0 Å². The number of benzene rings is 2. The summed E-state index contributed by atoms with van der Waals surface area (Å²) in [5, 5.41) is 2.92. The molecule has 0 aromatic heterocycles. The zero-order valence-corrected chi connectivity index (χ0v) is 20.8. The van der Waals surface area contributed by atoms with E-state index < -0.39 is 27.7 Å². The second-order valence-corrected chi connectivity index (χ2v) is 11.4. The minimum Gasteiger partial charge on any atom is -0.325 e. The van der Waals surface area contributed by atoms with Crippen LogP contribution < -0.4 is 5.32 Å². The second kappa shape index (κ2) is 10.1. The van der Waals surface area contributed by atoms with Gasteiger partial charge in [0.2, 0.25) is 15.9 Å². The maximum atomic E-state index is 13.4. The maximum Gasteiger partial charge on any atom is 0.416 e. The van der Waals surface area contributed by atoms with Gasteiger partial charge in [0.05, 0.1) is 17.0 Å². The van der Waals surface area contributed by atoms with Crippen LogP contribution >= 0.6 is 11.6 Å². The Morgan fingerprint density at radius 1 is 1.09 bits per heavy atom. The molecular formula is C24H27ClF3N3O3S. The third-order valence-corrected chi connectivity index (χ3v) is 8.49. The number of carbonyl (C=O) groups is 1. The third kappa shape index (κ3) is 6.35. The minimum atomic E-state index is -4.49. The molecular weight excluding hydrogens is 503 g/mol. The lowest BCUT2D eigenvalue weighted by Gasteiger charge is -2.37. The summed E-state index contributed by atoms with van der Waals surface area (Å²) in [5.74, 6) is -0.409. The van der Waals surface area contributed by atoms with E-state index in [2.05, 4.69) is 5.32 Å². The fourth-order valence-corrected chi connectivity index (χ4v) is 6.75. The van der Waals surface area contributed by atoms with Crippen molar-refractivity contribution in [3.05, 3.63) is 58.6 Å². The topological polar surface area (TPSA) is 69.7 Å². The van der Waals surface area contributed by atoms with Crippen molar-refractivity contribution < 1.29 is 26.4 Å². The van der Waals surface area contributed by atoms with Gasteiger partial charge in [0.25, 0.3) is 0 Å². The molecule has 2 aromatic rings. The SMILES string of the molecule is Cc1cc(NC(=O)CN2CCC(N(C3CC3)S(=O)(=O)c3cccc(Cl)c3)CC2)cc(C(F)(F)F)c1. The highest BCUT2D eigenvalue weighted by atomic mass is 35.5. The van der Waals surface area contributed by atoms with Crippen LogP contribution in [0.1, 0.15) is 36.8 Å². The molecule has 2 aromatic carbocycles. The Hall–Kier alpha value is -2.14. The molecule has 11 heteroatoms. The van der Waals surface area contributed by atoms with Gasteiger partial charge in [-0.25, -0.2) is 8.42 Å². The van der Waals surface area contributed by atoms with E-state index in [0.717, 1.165) is 25.0 Å². The third-order valence-electron chi connectivity index (χ3n) is 6.25. The first-order valence-corrected chi connectivity index (χ1v) is 13.3. The molecule has 1 saturated heterocycles. The fourth-order valence-electron chi connectivity index (χ4n) is 4.52. The number of sulfonamides is 1. The fraction of sp³-hybridized carbons (Fsp3) is 0.458. The summed E-state index contributed by atoms with van der Waals surface area (Å²) in [4.78, 5) is 14.6. The predicted octanol–water partition coefficient (Wildman–Crippen LogP) is 4.92. The Kier molecular flexibility index (Phi) is 7.47. The lowest BCUT2D eigenvalue weighted by Crippen LogP contribution is -2.49. The van der Waals surface area contributed by atoms with Crippen molar-refractivity contribution in [2.24, 2.45) is 0 Å². The Morgan fingerprint density at radius 3 is 2.34 bits per heavy atom. The number of likely N-dealkylation sites (tertiary alicyclic amines) is 1. The molecule has 35 heavy (non-hydrogen) atoms. The van der Waals surface area contributed by atoms with Crippen molar-refractivity contribution >= 4 is 33.2 Å². The monoisotopic (exact) mass is 529 g/mol. The van der Waals surface area contributed by atoms with Gasteiger partial charge in [-0.2, -0.15) is 17.5 Å². The molecule has 1 saturated carbocycles. The standard InChI is InChI=1S/C24H27ClF3N3O3S/c1-16-11-17(24(26,27)28)13-19(12-16)29-23(32)15-30-9-7-21(8-10-30)31(20-5-6-20)35(33,34)22-4-2-3-18(25)14-22/h2-4,11-14,20-21H,5-10,15H2,1H3,(H,29,32). The van der Waals surface area contributed by atoms with E-state index in [4.69, 9.17) is 11.6 Å². The first-order valence-electron chi connectivity index (χ1n) is 11.4. The van der Waals surface area contributed by atoms with E-state index in [1.165, 1.54) is 12.1 Å². The Balaban J connectivity index is 1.37. The molecule has 0 unspecified atom stereocenters. The molecule has 0 bridgehead atoms. The van der Waals surface area contributed by atoms with Gasteiger partial charge in [-0.3, -0.25) is 9.69 Å². The van der Waals surface area contributed by atoms with Crippen molar-refractivity contribution in [1.29, 1.82) is 0 Å². The molecule has 1 aliphatic heterocycles. The number of anilines is 1. The Bertz CT molecular complexity index is 1190. The van der Waals surface area contributed by atoms with Crippen LogP contribution in [0, 0.1) is 6.92 Å². The van der Waals surface area contributed by atoms with Crippen molar-refractivity contribution in [2.75, 3.05) is 25.0 Å². The predicted molar refractivity (Wildman–Crippen MR) is 128 cm³/mol. The normalized spacial score (nSPS) is 18.1. The number of hydrogen-bond donors (Lipinski definition) is 1. The summed E-state index contributed by atoms with van der Waals surface area (Å²) in [7, 11) is -3.70. The van der Waals surface area contributed by atoms with Crippen molar-refractivity contribution in [3.63, 3.8) is 0 Å². The van der Waals surface area contributed by atoms with Gasteiger partial charge >= 0.3 is 6.18 Å². The number of hydrogen-bond acceptors (Lipinski definition) is 4. The molecule has 1 aliphatic carbocycles. The van der Waals surface area contributed by atoms with Crippen molar-refractivity contribution in [2.45, 2.75) is 55.8 Å². The van der Waals surface area contributed by atoms with Crippen LogP contribution in [0.15, 0.2) is 47.4 Å². The largest absolute Gasteiger partial charge is 0.416 e. The Morgan fingerprint density at radius 2 is 1.74 bits per heavy atom. The van der Waals surface area contributed by atoms with Gasteiger partial charge in [0, 0.05) is 35.9 Å². The van der Waals surface area contributed by atoms with Crippen LogP contribution in [-0.4, -0.2) is 55.2 Å². The van der Waals surface area contributed by atoms with Gasteiger partial charge in [0.1, 0.15) is 0 Å². The van der Waals surface area contributed by atoms with Gasteiger partial charge in [-0.1, -0.05) is 17.7 Å². The highest BCUT2D eigenvalue weighted by Gasteiger charge is 2.43. The number of rotatable bonds is 7. The number of halogens is 4. The molecule has 2 aliphatic rings. The number of nitrogens with zero attached hydrogens (tertiary/aromatic N) is 2. The summed E-state index contributed by atoms with van der Waals surface area (Å²) < 4.78 is 67.5. The first-order chi connectivity index (χ1) is 16.4. The van der Waals surface area contributed by atoms with Crippen LogP contribution in [0.2, 0.25) is 5.02 Å². The summed E-state index contributed by atoms with van der Waals surface area (Å²) in [6.07, 6.45) is -1.73. The number of alkyl halides is 3. The number of piperidine rings is 1. The first kappa shape index (κ1) is 25.9. The lowest BCUT2D eigenvalue weighted by molar-refractivity contribution is -0.137. The van der Waals surface area contributed by atoms with Gasteiger partial charge < -0.3 is 5.32 Å². The zero-order valence-electron chi connectivity index (χ0n) is 19.2. The molecule has 190 valence electrons. The molecule has 0 atom stereocenters. The average molecular weight is 530 g/mol. The van der Waals surface area contributed by atoms with Crippen LogP contribution in [0.4, 0.5) is 18.9 Å². The Labute approximate surface area is 208 Å². The van der Waals surface area contributed by atoms with E-state index in [0.29, 0.717) is 36.5 Å². The van der Waals surface area contributed by atoms with Gasteiger partial charge in [0.15, 0.2) is 0 Å². The van der Waals surface area contributed by atoms with E-state index in [9.17, 15) is 26.4 Å². The quantitative estimate of drug-likeness (QED) is 0.552. The number of aryl methyl sites for hydroxylation is 1. The summed E-state index contributed by atoms with van der Waals surface area (Å²) in [5.41, 5.74) is -0.309. The summed E-state index contributed by atoms with van der Waals surface area (Å²) in [6, 6.07) is 9.49. The molecule has 1 heterocycles. The summed E-state index contributed by atoms with van der Waals surface area (Å²) >= 11 is 6.02. The van der Waals surface area contributed by atoms with Gasteiger partial charge in [-0.15, -0.1) is 0 Å². The van der Waals surface area contributed by atoms with Crippen molar-refractivity contribution in [3.8, 4) is 0 Å². The van der Waals surface area contributed by atoms with E-state index in [-0.39, 0.29) is 29.2 Å².